The summed E-state index contributed by atoms with van der Waals surface area (Å²) < 4.78 is 10.5. The van der Waals surface area contributed by atoms with Crippen LogP contribution < -0.4 is 5.32 Å². The number of hydrogen-bond donors (Lipinski definition) is 1. The third-order valence-corrected chi connectivity index (χ3v) is 3.78. The lowest BCUT2D eigenvalue weighted by Crippen LogP contribution is -2.38. The molecule has 3 rings (SSSR count). The SMILES string of the molecule is O=C(NCCCN1CCOCC1)c1cc(C2CC2)on1. The molecular formula is C14H21N3O3. The summed E-state index contributed by atoms with van der Waals surface area (Å²) in [6, 6.07) is 1.77. The zero-order valence-corrected chi connectivity index (χ0v) is 11.6. The van der Waals surface area contributed by atoms with Gasteiger partial charge in [-0.15, -0.1) is 0 Å². The molecule has 6 nitrogen and oxygen atoms in total. The van der Waals surface area contributed by atoms with Gasteiger partial charge in [-0.3, -0.25) is 9.69 Å². The second-order valence-corrected chi connectivity index (χ2v) is 5.45. The van der Waals surface area contributed by atoms with Crippen LogP contribution in [0.1, 0.15) is 41.4 Å². The van der Waals surface area contributed by atoms with Crippen LogP contribution in [0.3, 0.4) is 0 Å². The summed E-state index contributed by atoms with van der Waals surface area (Å²) >= 11 is 0. The third kappa shape index (κ3) is 3.58. The van der Waals surface area contributed by atoms with Gasteiger partial charge >= 0.3 is 0 Å². The van der Waals surface area contributed by atoms with E-state index in [-0.39, 0.29) is 5.91 Å². The molecule has 1 aliphatic heterocycles. The number of morpholine rings is 1. The maximum Gasteiger partial charge on any atom is 0.273 e. The zero-order valence-electron chi connectivity index (χ0n) is 11.6. The van der Waals surface area contributed by atoms with Crippen molar-refractivity contribution in [1.82, 2.24) is 15.4 Å². The molecule has 2 heterocycles. The predicted molar refractivity (Wildman–Crippen MR) is 72.7 cm³/mol. The van der Waals surface area contributed by atoms with Gasteiger partial charge < -0.3 is 14.6 Å². The van der Waals surface area contributed by atoms with Gasteiger partial charge in [0.15, 0.2) is 5.69 Å². The molecule has 1 saturated carbocycles. The van der Waals surface area contributed by atoms with Crippen LogP contribution in [-0.4, -0.2) is 55.4 Å². The lowest BCUT2D eigenvalue weighted by Gasteiger charge is -2.26. The molecular weight excluding hydrogens is 258 g/mol. The second-order valence-electron chi connectivity index (χ2n) is 5.45. The molecule has 0 unspecified atom stereocenters. The average molecular weight is 279 g/mol. The molecule has 6 heteroatoms. The molecule has 0 atom stereocenters. The minimum absolute atomic E-state index is 0.136. The van der Waals surface area contributed by atoms with Gasteiger partial charge in [-0.05, 0) is 25.8 Å². The third-order valence-electron chi connectivity index (χ3n) is 3.78. The van der Waals surface area contributed by atoms with E-state index in [1.807, 2.05) is 0 Å². The Hall–Kier alpha value is -1.40. The van der Waals surface area contributed by atoms with Gasteiger partial charge in [0.1, 0.15) is 5.76 Å². The normalized spacial score (nSPS) is 20.0. The number of ether oxygens (including phenoxy) is 1. The van der Waals surface area contributed by atoms with Crippen LogP contribution in [0.25, 0.3) is 0 Å². The monoisotopic (exact) mass is 279 g/mol. The fraction of sp³-hybridized carbons (Fsp3) is 0.714. The first-order valence-electron chi connectivity index (χ1n) is 7.38. The molecule has 1 aromatic heterocycles. The standard InChI is InChI=1S/C14H21N3O3/c18-14(12-10-13(20-16-12)11-2-3-11)15-4-1-5-17-6-8-19-9-7-17/h10-11H,1-9H2,(H,15,18). The Morgan fingerprint density at radius 2 is 2.20 bits per heavy atom. The highest BCUT2D eigenvalue weighted by Crippen LogP contribution is 2.40. The summed E-state index contributed by atoms with van der Waals surface area (Å²) in [6.07, 6.45) is 3.24. The van der Waals surface area contributed by atoms with E-state index < -0.39 is 0 Å². The van der Waals surface area contributed by atoms with Crippen LogP contribution in [0.15, 0.2) is 10.6 Å². The van der Waals surface area contributed by atoms with Gasteiger partial charge in [0.2, 0.25) is 0 Å². The number of carbonyl (C=O) groups is 1. The number of carbonyl (C=O) groups excluding carboxylic acids is 1. The molecule has 1 aliphatic carbocycles. The molecule has 0 radical (unpaired) electrons. The molecule has 2 fully saturated rings. The van der Waals surface area contributed by atoms with E-state index >= 15 is 0 Å². The van der Waals surface area contributed by atoms with Crippen LogP contribution in [-0.2, 0) is 4.74 Å². The maximum absolute atomic E-state index is 11.9. The Bertz CT molecular complexity index is 450. The highest BCUT2D eigenvalue weighted by Gasteiger charge is 2.28. The van der Waals surface area contributed by atoms with Crippen LogP contribution in [0.5, 0.6) is 0 Å². The summed E-state index contributed by atoms with van der Waals surface area (Å²) in [5.74, 6) is 1.21. The van der Waals surface area contributed by atoms with Crippen molar-refractivity contribution in [3.63, 3.8) is 0 Å². The first-order chi connectivity index (χ1) is 9.83. The van der Waals surface area contributed by atoms with Crippen LogP contribution >= 0.6 is 0 Å². The molecule has 2 aliphatic rings. The van der Waals surface area contributed by atoms with E-state index in [9.17, 15) is 4.79 Å². The molecule has 1 aromatic rings. The Morgan fingerprint density at radius 3 is 2.95 bits per heavy atom. The highest BCUT2D eigenvalue weighted by atomic mass is 16.5. The van der Waals surface area contributed by atoms with Gasteiger partial charge in [-0.2, -0.15) is 0 Å². The minimum atomic E-state index is -0.136. The van der Waals surface area contributed by atoms with Gasteiger partial charge in [-0.1, -0.05) is 5.16 Å². The molecule has 1 N–H and O–H groups in total. The molecule has 0 aromatic carbocycles. The van der Waals surface area contributed by atoms with E-state index in [2.05, 4.69) is 15.4 Å². The number of hydrogen-bond acceptors (Lipinski definition) is 5. The molecule has 0 bridgehead atoms. The van der Waals surface area contributed by atoms with Crippen LogP contribution in [0, 0.1) is 0 Å². The van der Waals surface area contributed by atoms with E-state index in [0.29, 0.717) is 18.2 Å². The number of aromatic nitrogens is 1. The Labute approximate surface area is 118 Å². The van der Waals surface area contributed by atoms with Crippen LogP contribution in [0.2, 0.25) is 0 Å². The van der Waals surface area contributed by atoms with E-state index in [0.717, 1.165) is 57.9 Å². The van der Waals surface area contributed by atoms with Crippen molar-refractivity contribution in [2.45, 2.75) is 25.2 Å². The van der Waals surface area contributed by atoms with Crippen molar-refractivity contribution in [2.75, 3.05) is 39.4 Å². The highest BCUT2D eigenvalue weighted by molar-refractivity contribution is 5.92. The van der Waals surface area contributed by atoms with E-state index in [1.54, 1.807) is 6.07 Å². The Morgan fingerprint density at radius 1 is 1.40 bits per heavy atom. The first-order valence-corrected chi connectivity index (χ1v) is 7.38. The lowest BCUT2D eigenvalue weighted by molar-refractivity contribution is 0.0374. The average Bonchev–Trinajstić information content (AvgIpc) is 3.22. The number of nitrogens with one attached hydrogen (secondary N) is 1. The largest absolute Gasteiger partial charge is 0.379 e. The second kappa shape index (κ2) is 6.37. The fourth-order valence-electron chi connectivity index (χ4n) is 2.38. The summed E-state index contributed by atoms with van der Waals surface area (Å²) in [4.78, 5) is 14.2. The van der Waals surface area contributed by atoms with Crippen molar-refractivity contribution < 1.29 is 14.1 Å². The first kappa shape index (κ1) is 13.6. The van der Waals surface area contributed by atoms with E-state index in [1.165, 1.54) is 0 Å². The summed E-state index contributed by atoms with van der Waals surface area (Å²) in [6.45, 7) is 5.27. The number of nitrogens with zero attached hydrogens (tertiary/aromatic N) is 2. The van der Waals surface area contributed by atoms with Crippen LogP contribution in [0.4, 0.5) is 0 Å². The number of rotatable bonds is 6. The Kier molecular flexibility index (Phi) is 4.32. The minimum Gasteiger partial charge on any atom is -0.379 e. The van der Waals surface area contributed by atoms with Gasteiger partial charge in [0, 0.05) is 31.6 Å². The van der Waals surface area contributed by atoms with Gasteiger partial charge in [-0.25, -0.2) is 0 Å². The fourth-order valence-corrected chi connectivity index (χ4v) is 2.38. The Balaban J connectivity index is 1.35. The van der Waals surface area contributed by atoms with Gasteiger partial charge in [0.25, 0.3) is 5.91 Å². The molecule has 110 valence electrons. The maximum atomic E-state index is 11.9. The van der Waals surface area contributed by atoms with Gasteiger partial charge in [0.05, 0.1) is 13.2 Å². The van der Waals surface area contributed by atoms with E-state index in [4.69, 9.17) is 9.26 Å². The molecule has 0 spiro atoms. The smallest absolute Gasteiger partial charge is 0.273 e. The lowest BCUT2D eigenvalue weighted by atomic mass is 10.2. The molecule has 20 heavy (non-hydrogen) atoms. The quantitative estimate of drug-likeness (QED) is 0.787. The zero-order chi connectivity index (χ0) is 13.8. The van der Waals surface area contributed by atoms with Crippen molar-refractivity contribution >= 4 is 5.91 Å². The molecule has 1 amide bonds. The van der Waals surface area contributed by atoms with Crippen molar-refractivity contribution in [3.05, 3.63) is 17.5 Å². The summed E-state index contributed by atoms with van der Waals surface area (Å²) in [7, 11) is 0. The molecule has 1 saturated heterocycles. The number of amides is 1. The summed E-state index contributed by atoms with van der Waals surface area (Å²) in [5.41, 5.74) is 0.401. The predicted octanol–water partition coefficient (Wildman–Crippen LogP) is 1.00. The van der Waals surface area contributed by atoms with Crippen molar-refractivity contribution in [1.29, 1.82) is 0 Å². The van der Waals surface area contributed by atoms with Crippen molar-refractivity contribution in [3.8, 4) is 0 Å². The topological polar surface area (TPSA) is 67.6 Å². The van der Waals surface area contributed by atoms with Crippen molar-refractivity contribution in [2.24, 2.45) is 0 Å². The summed E-state index contributed by atoms with van der Waals surface area (Å²) in [5, 5.41) is 6.72.